The zero-order valence-corrected chi connectivity index (χ0v) is 15.3. The number of thiazole rings is 1. The van der Waals surface area contributed by atoms with Gasteiger partial charge in [-0.15, -0.1) is 13.2 Å². The van der Waals surface area contributed by atoms with Gasteiger partial charge in [0.15, 0.2) is 4.80 Å². The van der Waals surface area contributed by atoms with Crippen molar-refractivity contribution in [2.24, 2.45) is 4.99 Å². The van der Waals surface area contributed by atoms with Crippen LogP contribution in [0.5, 0.6) is 5.75 Å². The molecular weight excluding hydrogens is 421 g/mol. The molecule has 2 aromatic carbocycles. The molecule has 146 valence electrons. The van der Waals surface area contributed by atoms with Gasteiger partial charge in [-0.25, -0.2) is 0 Å². The van der Waals surface area contributed by atoms with Gasteiger partial charge in [0.1, 0.15) is 12.3 Å². The van der Waals surface area contributed by atoms with E-state index in [0.717, 1.165) is 23.5 Å². The fraction of sp³-hybridized carbons (Fsp3) is 0.118. The SMILES string of the molecule is O=C(O)Cn1c(=NC(=O)c2cccc(Cl)c2)sc2cc(OC(F)(F)F)ccc21. The Hall–Kier alpha value is -2.85. The molecule has 0 atom stereocenters. The predicted octanol–water partition coefficient (Wildman–Crippen LogP) is 4.08. The van der Waals surface area contributed by atoms with Crippen molar-refractivity contribution < 1.29 is 32.6 Å². The second kappa shape index (κ2) is 7.64. The van der Waals surface area contributed by atoms with E-state index in [9.17, 15) is 22.8 Å². The Balaban J connectivity index is 2.11. The predicted molar refractivity (Wildman–Crippen MR) is 95.5 cm³/mol. The van der Waals surface area contributed by atoms with Crippen molar-refractivity contribution in [2.75, 3.05) is 0 Å². The second-order valence-electron chi connectivity index (χ2n) is 5.47. The molecule has 0 radical (unpaired) electrons. The maximum Gasteiger partial charge on any atom is 0.573 e. The second-order valence-corrected chi connectivity index (χ2v) is 6.91. The van der Waals surface area contributed by atoms with Gasteiger partial charge in [-0.05, 0) is 36.4 Å². The molecule has 1 N–H and O–H groups in total. The topological polar surface area (TPSA) is 80.9 Å². The maximum absolute atomic E-state index is 12.4. The number of alkyl halides is 3. The summed E-state index contributed by atoms with van der Waals surface area (Å²) in [6, 6.07) is 9.46. The van der Waals surface area contributed by atoms with Crippen LogP contribution >= 0.6 is 22.9 Å². The minimum atomic E-state index is -4.86. The van der Waals surface area contributed by atoms with Gasteiger partial charge in [0.05, 0.1) is 10.2 Å². The zero-order valence-electron chi connectivity index (χ0n) is 13.7. The molecule has 0 aliphatic heterocycles. The van der Waals surface area contributed by atoms with Crippen LogP contribution in [0.15, 0.2) is 47.5 Å². The number of amides is 1. The number of carbonyl (C=O) groups is 2. The van der Waals surface area contributed by atoms with Crippen molar-refractivity contribution in [1.29, 1.82) is 0 Å². The molecule has 28 heavy (non-hydrogen) atoms. The highest BCUT2D eigenvalue weighted by molar-refractivity contribution is 7.16. The summed E-state index contributed by atoms with van der Waals surface area (Å²) in [5, 5.41) is 9.45. The van der Waals surface area contributed by atoms with E-state index < -0.39 is 30.5 Å². The number of benzene rings is 2. The number of hydrogen-bond acceptors (Lipinski definition) is 4. The van der Waals surface area contributed by atoms with Crippen molar-refractivity contribution >= 4 is 45.0 Å². The number of ether oxygens (including phenoxy) is 1. The van der Waals surface area contributed by atoms with Crippen LogP contribution in [0, 0.1) is 0 Å². The lowest BCUT2D eigenvalue weighted by atomic mass is 10.2. The monoisotopic (exact) mass is 430 g/mol. The highest BCUT2D eigenvalue weighted by atomic mass is 35.5. The number of fused-ring (bicyclic) bond motifs is 1. The fourth-order valence-corrected chi connectivity index (χ4v) is 3.64. The minimum Gasteiger partial charge on any atom is -0.480 e. The molecule has 0 saturated heterocycles. The van der Waals surface area contributed by atoms with Crippen LogP contribution in [-0.4, -0.2) is 27.9 Å². The average Bonchev–Trinajstić information content (AvgIpc) is 2.89. The van der Waals surface area contributed by atoms with Crippen molar-refractivity contribution in [1.82, 2.24) is 4.57 Å². The number of aliphatic carboxylic acids is 1. The van der Waals surface area contributed by atoms with Gasteiger partial charge in [0.2, 0.25) is 0 Å². The first kappa shape index (κ1) is 19.9. The summed E-state index contributed by atoms with van der Waals surface area (Å²) in [4.78, 5) is 27.5. The first-order valence-electron chi connectivity index (χ1n) is 7.58. The molecule has 6 nitrogen and oxygen atoms in total. The first-order valence-corrected chi connectivity index (χ1v) is 8.77. The van der Waals surface area contributed by atoms with Crippen LogP contribution in [0.2, 0.25) is 5.02 Å². The molecule has 0 spiro atoms. The van der Waals surface area contributed by atoms with Crippen LogP contribution in [0.4, 0.5) is 13.2 Å². The molecule has 11 heteroatoms. The molecule has 1 heterocycles. The van der Waals surface area contributed by atoms with Crippen molar-refractivity contribution in [2.45, 2.75) is 12.9 Å². The Morgan fingerprint density at radius 1 is 1.21 bits per heavy atom. The molecule has 3 aromatic rings. The van der Waals surface area contributed by atoms with Gasteiger partial charge in [-0.3, -0.25) is 9.59 Å². The van der Waals surface area contributed by atoms with E-state index in [1.54, 1.807) is 12.1 Å². The highest BCUT2D eigenvalue weighted by Gasteiger charge is 2.31. The van der Waals surface area contributed by atoms with E-state index in [1.165, 1.54) is 22.8 Å². The Morgan fingerprint density at radius 2 is 1.96 bits per heavy atom. The Labute approximate surface area is 164 Å². The van der Waals surface area contributed by atoms with Gasteiger partial charge in [-0.2, -0.15) is 4.99 Å². The average molecular weight is 431 g/mol. The normalized spacial score (nSPS) is 12.4. The summed E-state index contributed by atoms with van der Waals surface area (Å²) >= 11 is 6.71. The van der Waals surface area contributed by atoms with Gasteiger partial charge in [0.25, 0.3) is 5.91 Å². The molecule has 1 amide bonds. The number of aromatic nitrogens is 1. The molecule has 0 fully saturated rings. The van der Waals surface area contributed by atoms with Crippen LogP contribution < -0.4 is 9.54 Å². The largest absolute Gasteiger partial charge is 0.573 e. The lowest BCUT2D eigenvalue weighted by molar-refractivity contribution is -0.274. The summed E-state index contributed by atoms with van der Waals surface area (Å²) in [6.45, 7) is -0.527. The third-order valence-electron chi connectivity index (χ3n) is 3.45. The van der Waals surface area contributed by atoms with Crippen molar-refractivity contribution in [3.05, 3.63) is 57.9 Å². The highest BCUT2D eigenvalue weighted by Crippen LogP contribution is 2.28. The molecule has 0 saturated carbocycles. The molecule has 1 aromatic heterocycles. The summed E-state index contributed by atoms with van der Waals surface area (Å²) in [6.07, 6.45) is -4.86. The standard InChI is InChI=1S/C17H10ClF3N2O4S/c18-10-3-1-2-9(6-10)15(26)22-16-23(8-14(24)25)12-5-4-11(7-13(12)28-16)27-17(19,20)21/h1-7H,8H2,(H,24,25). The zero-order chi connectivity index (χ0) is 20.5. The lowest BCUT2D eigenvalue weighted by Gasteiger charge is -2.08. The number of halogens is 4. The summed E-state index contributed by atoms with van der Waals surface area (Å²) < 4.78 is 42.6. The molecule has 0 bridgehead atoms. The van der Waals surface area contributed by atoms with Gasteiger partial charge < -0.3 is 14.4 Å². The Bertz CT molecular complexity index is 1140. The number of carboxylic acids is 1. The van der Waals surface area contributed by atoms with Crippen LogP contribution in [0.3, 0.4) is 0 Å². The fourth-order valence-electron chi connectivity index (χ4n) is 2.40. The minimum absolute atomic E-state index is 0.0199. The molecular formula is C17H10ClF3N2O4S. The lowest BCUT2D eigenvalue weighted by Crippen LogP contribution is -2.21. The molecule has 3 rings (SSSR count). The van der Waals surface area contributed by atoms with Crippen LogP contribution in [-0.2, 0) is 11.3 Å². The van der Waals surface area contributed by atoms with Gasteiger partial charge in [-0.1, -0.05) is 29.0 Å². The van der Waals surface area contributed by atoms with Gasteiger partial charge >= 0.3 is 12.3 Å². The van der Waals surface area contributed by atoms with Crippen molar-refractivity contribution in [3.8, 4) is 5.75 Å². The van der Waals surface area contributed by atoms with E-state index in [1.807, 2.05) is 0 Å². The van der Waals surface area contributed by atoms with E-state index in [4.69, 9.17) is 16.7 Å². The number of hydrogen-bond donors (Lipinski definition) is 1. The van der Waals surface area contributed by atoms with E-state index in [0.29, 0.717) is 10.5 Å². The first-order chi connectivity index (χ1) is 13.1. The third kappa shape index (κ3) is 4.70. The third-order valence-corrected chi connectivity index (χ3v) is 4.73. The van der Waals surface area contributed by atoms with E-state index >= 15 is 0 Å². The molecule has 0 aliphatic carbocycles. The van der Waals surface area contributed by atoms with E-state index in [2.05, 4.69) is 9.73 Å². The Kier molecular flexibility index (Phi) is 5.43. The summed E-state index contributed by atoms with van der Waals surface area (Å²) in [5.74, 6) is -2.33. The smallest absolute Gasteiger partial charge is 0.480 e. The quantitative estimate of drug-likeness (QED) is 0.676. The maximum atomic E-state index is 12.4. The Morgan fingerprint density at radius 3 is 2.61 bits per heavy atom. The van der Waals surface area contributed by atoms with Crippen molar-refractivity contribution in [3.63, 3.8) is 0 Å². The van der Waals surface area contributed by atoms with Gasteiger partial charge in [0, 0.05) is 10.6 Å². The number of rotatable bonds is 4. The summed E-state index contributed by atoms with van der Waals surface area (Å²) in [5.41, 5.74) is 0.493. The number of carbonyl (C=O) groups excluding carboxylic acids is 1. The van der Waals surface area contributed by atoms with Crippen LogP contribution in [0.25, 0.3) is 10.2 Å². The molecule has 0 unspecified atom stereocenters. The van der Waals surface area contributed by atoms with E-state index in [-0.39, 0.29) is 15.1 Å². The number of nitrogens with zero attached hydrogens (tertiary/aromatic N) is 2. The van der Waals surface area contributed by atoms with Crippen LogP contribution in [0.1, 0.15) is 10.4 Å². The summed E-state index contributed by atoms with van der Waals surface area (Å²) in [7, 11) is 0. The number of carboxylic acid groups (broad SMARTS) is 1. The molecule has 0 aliphatic rings.